The van der Waals surface area contributed by atoms with E-state index in [0.29, 0.717) is 16.8 Å². The summed E-state index contributed by atoms with van der Waals surface area (Å²) in [5, 5.41) is 13.4. The van der Waals surface area contributed by atoms with E-state index in [4.69, 9.17) is 0 Å². The van der Waals surface area contributed by atoms with Gasteiger partial charge in [0.2, 0.25) is 15.9 Å². The lowest BCUT2D eigenvalue weighted by Crippen LogP contribution is -2.37. The Labute approximate surface area is 151 Å². The summed E-state index contributed by atoms with van der Waals surface area (Å²) in [5.41, 5.74) is 1.84. The van der Waals surface area contributed by atoms with E-state index in [1.807, 2.05) is 0 Å². The topological polar surface area (TPSA) is 110 Å². The van der Waals surface area contributed by atoms with E-state index < -0.39 is 27.4 Å². The van der Waals surface area contributed by atoms with E-state index in [1.165, 1.54) is 18.2 Å². The number of benzene rings is 2. The van der Waals surface area contributed by atoms with Crippen molar-refractivity contribution < 1.29 is 18.1 Å². The van der Waals surface area contributed by atoms with Crippen LogP contribution < -0.4 is 9.62 Å². The molecule has 1 amide bonds. The second kappa shape index (κ2) is 7.52. The Kier molecular flexibility index (Phi) is 5.61. The van der Waals surface area contributed by atoms with Gasteiger partial charge in [-0.25, -0.2) is 8.42 Å². The number of nitrogens with one attached hydrogen (secondary N) is 1. The lowest BCUT2D eigenvalue weighted by atomic mass is 10.2. The van der Waals surface area contributed by atoms with Crippen LogP contribution in [0.15, 0.2) is 42.5 Å². The third-order valence-electron chi connectivity index (χ3n) is 3.78. The zero-order valence-corrected chi connectivity index (χ0v) is 15.4. The normalized spacial score (nSPS) is 11.0. The van der Waals surface area contributed by atoms with Gasteiger partial charge in [-0.2, -0.15) is 0 Å². The molecule has 0 aliphatic carbocycles. The molecule has 2 rings (SSSR count). The van der Waals surface area contributed by atoms with Crippen molar-refractivity contribution in [1.82, 2.24) is 0 Å². The van der Waals surface area contributed by atoms with Crippen molar-refractivity contribution >= 4 is 33.0 Å². The summed E-state index contributed by atoms with van der Waals surface area (Å²) < 4.78 is 25.3. The lowest BCUT2D eigenvalue weighted by Gasteiger charge is -2.23. The summed E-state index contributed by atoms with van der Waals surface area (Å²) in [6.07, 6.45) is 1.02. The minimum absolute atomic E-state index is 0.162. The summed E-state index contributed by atoms with van der Waals surface area (Å²) in [6.45, 7) is 3.00. The molecule has 0 spiro atoms. The first-order valence-electron chi connectivity index (χ1n) is 7.68. The van der Waals surface area contributed by atoms with Crippen LogP contribution in [0.2, 0.25) is 0 Å². The molecule has 0 radical (unpaired) electrons. The van der Waals surface area contributed by atoms with Gasteiger partial charge in [-0.3, -0.25) is 19.2 Å². The number of anilines is 2. The van der Waals surface area contributed by atoms with Crippen LogP contribution in [0.25, 0.3) is 0 Å². The predicted octanol–water partition coefficient (Wildman–Crippen LogP) is 2.62. The van der Waals surface area contributed by atoms with Gasteiger partial charge in [-0.15, -0.1) is 0 Å². The first-order chi connectivity index (χ1) is 12.1. The molecule has 138 valence electrons. The molecule has 0 bridgehead atoms. The fourth-order valence-corrected chi connectivity index (χ4v) is 3.32. The lowest BCUT2D eigenvalue weighted by molar-refractivity contribution is -0.384. The first kappa shape index (κ1) is 19.4. The van der Waals surface area contributed by atoms with Gasteiger partial charge in [0.15, 0.2) is 0 Å². The third kappa shape index (κ3) is 4.57. The highest BCUT2D eigenvalue weighted by Gasteiger charge is 2.22. The molecule has 0 atom stereocenters. The van der Waals surface area contributed by atoms with Gasteiger partial charge in [0, 0.05) is 12.1 Å². The molecule has 0 unspecified atom stereocenters. The Bertz CT molecular complexity index is 957. The third-order valence-corrected chi connectivity index (χ3v) is 4.90. The van der Waals surface area contributed by atoms with Gasteiger partial charge in [-0.05, 0) is 31.0 Å². The fourth-order valence-electron chi connectivity index (χ4n) is 2.40. The second-order valence-corrected chi connectivity index (χ2v) is 7.77. The van der Waals surface area contributed by atoms with Crippen LogP contribution in [0.5, 0.6) is 0 Å². The molecule has 1 N–H and O–H groups in total. The van der Waals surface area contributed by atoms with Crippen molar-refractivity contribution in [3.63, 3.8) is 0 Å². The molecule has 0 aliphatic rings. The molecular weight excluding hydrogens is 358 g/mol. The average Bonchev–Trinajstić information content (AvgIpc) is 2.54. The van der Waals surface area contributed by atoms with Gasteiger partial charge < -0.3 is 5.32 Å². The standard InChI is InChI=1S/C17H19N3O5S/c1-12-8-9-14(20(22)23)10-15(12)18-17(21)11-19(26(3,24)25)16-7-5-4-6-13(16)2/h4-10H,11H2,1-3H3,(H,18,21). The minimum Gasteiger partial charge on any atom is -0.324 e. The number of carbonyl (C=O) groups is 1. The highest BCUT2D eigenvalue weighted by Crippen LogP contribution is 2.24. The highest BCUT2D eigenvalue weighted by atomic mass is 32.2. The Morgan fingerprint density at radius 2 is 1.81 bits per heavy atom. The molecule has 0 aliphatic heterocycles. The van der Waals surface area contributed by atoms with Crippen LogP contribution in [-0.4, -0.2) is 32.0 Å². The maximum Gasteiger partial charge on any atom is 0.271 e. The summed E-state index contributed by atoms with van der Waals surface area (Å²) in [4.78, 5) is 22.7. The molecule has 0 aromatic heterocycles. The van der Waals surface area contributed by atoms with Gasteiger partial charge in [0.05, 0.1) is 22.6 Å². The number of aryl methyl sites for hydroxylation is 2. The summed E-state index contributed by atoms with van der Waals surface area (Å²) >= 11 is 0. The van der Waals surface area contributed by atoms with E-state index in [9.17, 15) is 23.3 Å². The number of amides is 1. The number of nitro benzene ring substituents is 1. The molecule has 0 heterocycles. The van der Waals surface area contributed by atoms with Crippen molar-refractivity contribution in [2.45, 2.75) is 13.8 Å². The number of nitro groups is 1. The molecular formula is C17H19N3O5S. The molecule has 0 fully saturated rings. The molecule has 2 aromatic rings. The van der Waals surface area contributed by atoms with E-state index in [2.05, 4.69) is 5.32 Å². The number of carbonyl (C=O) groups excluding carboxylic acids is 1. The van der Waals surface area contributed by atoms with Crippen molar-refractivity contribution in [1.29, 1.82) is 0 Å². The van der Waals surface area contributed by atoms with Gasteiger partial charge in [-0.1, -0.05) is 24.3 Å². The molecule has 8 nitrogen and oxygen atoms in total. The average molecular weight is 377 g/mol. The van der Waals surface area contributed by atoms with Gasteiger partial charge in [0.25, 0.3) is 5.69 Å². The zero-order valence-electron chi connectivity index (χ0n) is 14.6. The van der Waals surface area contributed by atoms with Gasteiger partial charge in [0.1, 0.15) is 6.54 Å². The molecule has 0 saturated heterocycles. The van der Waals surface area contributed by atoms with E-state index >= 15 is 0 Å². The number of sulfonamides is 1. The van der Waals surface area contributed by atoms with Crippen LogP contribution in [0.1, 0.15) is 11.1 Å². The minimum atomic E-state index is -3.70. The van der Waals surface area contributed by atoms with Crippen LogP contribution in [0.3, 0.4) is 0 Å². The Hall–Kier alpha value is -2.94. The van der Waals surface area contributed by atoms with E-state index in [0.717, 1.165) is 10.6 Å². The molecule has 2 aromatic carbocycles. The number of rotatable bonds is 6. The van der Waals surface area contributed by atoms with Crippen molar-refractivity contribution in [3.8, 4) is 0 Å². The maximum atomic E-state index is 12.4. The number of nitrogens with zero attached hydrogens (tertiary/aromatic N) is 2. The Morgan fingerprint density at radius 1 is 1.15 bits per heavy atom. The van der Waals surface area contributed by atoms with Crippen LogP contribution >= 0.6 is 0 Å². The van der Waals surface area contributed by atoms with Crippen LogP contribution in [0.4, 0.5) is 17.1 Å². The number of hydrogen-bond donors (Lipinski definition) is 1. The second-order valence-electron chi connectivity index (χ2n) is 5.86. The summed E-state index contributed by atoms with van der Waals surface area (Å²) in [5.74, 6) is -0.595. The number of non-ortho nitro benzene ring substituents is 1. The van der Waals surface area contributed by atoms with Crippen LogP contribution in [-0.2, 0) is 14.8 Å². The van der Waals surface area contributed by atoms with Crippen molar-refractivity contribution in [2.75, 3.05) is 22.4 Å². The van der Waals surface area contributed by atoms with Gasteiger partial charge >= 0.3 is 0 Å². The summed E-state index contributed by atoms with van der Waals surface area (Å²) in [6, 6.07) is 10.9. The Balaban J connectivity index is 2.28. The predicted molar refractivity (Wildman–Crippen MR) is 99.8 cm³/mol. The molecule has 0 saturated carbocycles. The SMILES string of the molecule is Cc1ccc([N+](=O)[O-])cc1NC(=O)CN(c1ccccc1C)S(C)(=O)=O. The monoisotopic (exact) mass is 377 g/mol. The summed E-state index contributed by atoms with van der Waals surface area (Å²) in [7, 11) is -3.70. The first-order valence-corrected chi connectivity index (χ1v) is 9.52. The number of hydrogen-bond acceptors (Lipinski definition) is 5. The number of para-hydroxylation sites is 1. The largest absolute Gasteiger partial charge is 0.324 e. The van der Waals surface area contributed by atoms with E-state index in [1.54, 1.807) is 38.1 Å². The van der Waals surface area contributed by atoms with E-state index in [-0.39, 0.29) is 11.4 Å². The van der Waals surface area contributed by atoms with Crippen molar-refractivity contribution in [3.05, 3.63) is 63.7 Å². The molecule has 26 heavy (non-hydrogen) atoms. The zero-order chi connectivity index (χ0) is 19.5. The Morgan fingerprint density at radius 3 is 2.38 bits per heavy atom. The van der Waals surface area contributed by atoms with Crippen LogP contribution in [0, 0.1) is 24.0 Å². The molecule has 9 heteroatoms. The highest BCUT2D eigenvalue weighted by molar-refractivity contribution is 7.92. The maximum absolute atomic E-state index is 12.4. The smallest absolute Gasteiger partial charge is 0.271 e. The quantitative estimate of drug-likeness (QED) is 0.615. The fraction of sp³-hybridized carbons (Fsp3) is 0.235. The van der Waals surface area contributed by atoms with Crippen molar-refractivity contribution in [2.24, 2.45) is 0 Å².